The third kappa shape index (κ3) is 5.41. The lowest BCUT2D eigenvalue weighted by Gasteiger charge is -2.24. The smallest absolute Gasteiger partial charge is 0.106 e. The Morgan fingerprint density at radius 1 is 1.32 bits per heavy atom. The zero-order chi connectivity index (χ0) is 14.1. The minimum absolute atomic E-state index is 0.0346. The van der Waals surface area contributed by atoms with E-state index >= 15 is 0 Å². The van der Waals surface area contributed by atoms with Gasteiger partial charge in [-0.1, -0.05) is 49.3 Å². The minimum atomic E-state index is -0.413. The highest BCUT2D eigenvalue weighted by atomic mass is 16.6. The molecule has 0 radical (unpaired) electrons. The molecule has 0 aliphatic heterocycles. The van der Waals surface area contributed by atoms with Crippen LogP contribution in [0.1, 0.15) is 25.8 Å². The molecule has 0 aromatic heterocycles. The fourth-order valence-electron chi connectivity index (χ4n) is 1.81. The van der Waals surface area contributed by atoms with E-state index in [1.54, 1.807) is 6.21 Å². The predicted octanol–water partition coefficient (Wildman–Crippen LogP) is 2.61. The molecule has 1 rings (SSSR count). The summed E-state index contributed by atoms with van der Waals surface area (Å²) in [4.78, 5) is 4.70. The fourth-order valence-corrected chi connectivity index (χ4v) is 1.81. The van der Waals surface area contributed by atoms with Crippen molar-refractivity contribution in [1.29, 1.82) is 0 Å². The van der Waals surface area contributed by atoms with E-state index in [4.69, 9.17) is 9.57 Å². The van der Waals surface area contributed by atoms with Crippen molar-refractivity contribution in [1.82, 2.24) is 0 Å². The lowest BCUT2D eigenvalue weighted by Crippen LogP contribution is -2.32. The standard InChI is InChI=1S/C15H23NO3/c1-4-14(17)12(2)15(10-16-18-3)19-11-13-8-6-5-7-9-13/h5-10,12,14-15,17H,4,11H2,1-3H3/t12-,14-,15-/m1/s1. The second-order valence-electron chi connectivity index (χ2n) is 4.53. The third-order valence-electron chi connectivity index (χ3n) is 3.14. The number of ether oxygens (including phenoxy) is 1. The Morgan fingerprint density at radius 3 is 2.58 bits per heavy atom. The van der Waals surface area contributed by atoms with Crippen molar-refractivity contribution in [3.63, 3.8) is 0 Å². The van der Waals surface area contributed by atoms with Gasteiger partial charge in [0.2, 0.25) is 0 Å². The van der Waals surface area contributed by atoms with Crippen LogP contribution in [0.25, 0.3) is 0 Å². The van der Waals surface area contributed by atoms with Crippen LogP contribution in [0.15, 0.2) is 35.5 Å². The maximum atomic E-state index is 9.91. The van der Waals surface area contributed by atoms with Gasteiger partial charge in [0.25, 0.3) is 0 Å². The van der Waals surface area contributed by atoms with Crippen molar-refractivity contribution in [2.75, 3.05) is 7.11 Å². The molecule has 0 heterocycles. The van der Waals surface area contributed by atoms with Crippen LogP contribution in [-0.4, -0.2) is 30.6 Å². The predicted molar refractivity (Wildman–Crippen MR) is 76.0 cm³/mol. The average Bonchev–Trinajstić information content (AvgIpc) is 2.47. The molecule has 0 unspecified atom stereocenters. The number of oxime groups is 1. The summed E-state index contributed by atoms with van der Waals surface area (Å²) < 4.78 is 5.83. The van der Waals surface area contributed by atoms with Crippen LogP contribution >= 0.6 is 0 Å². The Bertz CT molecular complexity index is 367. The van der Waals surface area contributed by atoms with Crippen LogP contribution < -0.4 is 0 Å². The van der Waals surface area contributed by atoms with E-state index < -0.39 is 6.10 Å². The van der Waals surface area contributed by atoms with Crippen molar-refractivity contribution in [2.24, 2.45) is 11.1 Å². The molecule has 19 heavy (non-hydrogen) atoms. The summed E-state index contributed by atoms with van der Waals surface area (Å²) in [5.41, 5.74) is 1.09. The van der Waals surface area contributed by atoms with Gasteiger partial charge in [0.15, 0.2) is 0 Å². The Morgan fingerprint density at radius 2 is 2.00 bits per heavy atom. The number of rotatable bonds is 8. The molecule has 4 heteroatoms. The summed E-state index contributed by atoms with van der Waals surface area (Å²) in [5, 5.41) is 13.7. The van der Waals surface area contributed by atoms with Crippen molar-refractivity contribution < 1.29 is 14.7 Å². The van der Waals surface area contributed by atoms with Gasteiger partial charge in [-0.15, -0.1) is 0 Å². The zero-order valence-electron chi connectivity index (χ0n) is 11.8. The molecule has 106 valence electrons. The molecule has 0 aliphatic carbocycles. The second-order valence-corrected chi connectivity index (χ2v) is 4.53. The topological polar surface area (TPSA) is 51.1 Å². The summed E-state index contributed by atoms with van der Waals surface area (Å²) in [5.74, 6) is -0.0346. The van der Waals surface area contributed by atoms with Gasteiger partial charge >= 0.3 is 0 Å². The van der Waals surface area contributed by atoms with Crippen molar-refractivity contribution in [3.05, 3.63) is 35.9 Å². The zero-order valence-corrected chi connectivity index (χ0v) is 11.8. The Kier molecular flexibility index (Phi) is 7.15. The molecule has 0 saturated heterocycles. The highest BCUT2D eigenvalue weighted by molar-refractivity contribution is 5.62. The van der Waals surface area contributed by atoms with Gasteiger partial charge in [-0.2, -0.15) is 0 Å². The van der Waals surface area contributed by atoms with Crippen molar-refractivity contribution in [2.45, 2.75) is 39.1 Å². The molecule has 1 aromatic carbocycles. The van der Waals surface area contributed by atoms with Gasteiger partial charge in [-0.05, 0) is 12.0 Å². The highest BCUT2D eigenvalue weighted by Crippen LogP contribution is 2.15. The Hall–Kier alpha value is -1.39. The molecule has 0 spiro atoms. The van der Waals surface area contributed by atoms with Gasteiger partial charge < -0.3 is 14.7 Å². The van der Waals surface area contributed by atoms with Crippen molar-refractivity contribution >= 4 is 6.21 Å². The number of aliphatic hydroxyl groups excluding tert-OH is 1. The third-order valence-corrected chi connectivity index (χ3v) is 3.14. The largest absolute Gasteiger partial charge is 0.399 e. The van der Waals surface area contributed by atoms with Crippen LogP contribution in [0.3, 0.4) is 0 Å². The van der Waals surface area contributed by atoms with E-state index in [0.717, 1.165) is 5.56 Å². The lowest BCUT2D eigenvalue weighted by molar-refractivity contribution is -0.00263. The normalized spacial score (nSPS) is 16.2. The van der Waals surface area contributed by atoms with Gasteiger partial charge in [0.05, 0.1) is 18.9 Å². The average molecular weight is 265 g/mol. The molecule has 0 fully saturated rings. The van der Waals surface area contributed by atoms with E-state index in [0.29, 0.717) is 13.0 Å². The first-order chi connectivity index (χ1) is 9.19. The van der Waals surface area contributed by atoms with Gasteiger partial charge in [0.1, 0.15) is 13.2 Å². The van der Waals surface area contributed by atoms with Crippen LogP contribution in [-0.2, 0) is 16.2 Å². The number of hydrogen-bond donors (Lipinski definition) is 1. The molecule has 3 atom stereocenters. The number of benzene rings is 1. The summed E-state index contributed by atoms with van der Waals surface area (Å²) >= 11 is 0. The molecular formula is C15H23NO3. The van der Waals surface area contributed by atoms with Gasteiger partial charge in [0, 0.05) is 5.92 Å². The van der Waals surface area contributed by atoms with Crippen LogP contribution in [0.4, 0.5) is 0 Å². The minimum Gasteiger partial charge on any atom is -0.399 e. The van der Waals surface area contributed by atoms with E-state index in [-0.39, 0.29) is 12.0 Å². The summed E-state index contributed by atoms with van der Waals surface area (Å²) in [6, 6.07) is 9.93. The van der Waals surface area contributed by atoms with E-state index in [1.165, 1.54) is 7.11 Å². The first kappa shape index (κ1) is 15.7. The molecule has 0 saturated carbocycles. The highest BCUT2D eigenvalue weighted by Gasteiger charge is 2.22. The maximum absolute atomic E-state index is 9.91. The molecular weight excluding hydrogens is 242 g/mol. The molecule has 0 aliphatic rings. The summed E-state index contributed by atoms with van der Waals surface area (Å²) in [7, 11) is 1.49. The summed E-state index contributed by atoms with van der Waals surface area (Å²) in [6.07, 6.45) is 1.61. The quantitative estimate of drug-likeness (QED) is 0.580. The van der Waals surface area contributed by atoms with Crippen LogP contribution in [0.5, 0.6) is 0 Å². The maximum Gasteiger partial charge on any atom is 0.106 e. The lowest BCUT2D eigenvalue weighted by atomic mass is 9.97. The molecule has 4 nitrogen and oxygen atoms in total. The molecule has 0 bridgehead atoms. The van der Waals surface area contributed by atoms with E-state index in [1.807, 2.05) is 44.2 Å². The first-order valence-corrected chi connectivity index (χ1v) is 6.59. The van der Waals surface area contributed by atoms with Gasteiger partial charge in [-0.3, -0.25) is 0 Å². The number of nitrogens with zero attached hydrogens (tertiary/aromatic N) is 1. The van der Waals surface area contributed by atoms with Crippen LogP contribution in [0.2, 0.25) is 0 Å². The Balaban J connectivity index is 2.61. The van der Waals surface area contributed by atoms with E-state index in [2.05, 4.69) is 5.16 Å². The van der Waals surface area contributed by atoms with Crippen molar-refractivity contribution in [3.8, 4) is 0 Å². The fraction of sp³-hybridized carbons (Fsp3) is 0.533. The SMILES string of the molecule is CC[C@@H](O)[C@@H](C)[C@@H](C=NOC)OCc1ccccc1. The summed E-state index contributed by atoms with van der Waals surface area (Å²) in [6.45, 7) is 4.39. The second kappa shape index (κ2) is 8.67. The van der Waals surface area contributed by atoms with E-state index in [9.17, 15) is 5.11 Å². The van der Waals surface area contributed by atoms with Gasteiger partial charge in [-0.25, -0.2) is 0 Å². The molecule has 1 aromatic rings. The monoisotopic (exact) mass is 265 g/mol. The Labute approximate surface area is 115 Å². The number of aliphatic hydroxyl groups is 1. The first-order valence-electron chi connectivity index (χ1n) is 6.59. The number of hydrogen-bond acceptors (Lipinski definition) is 4. The molecule has 1 N–H and O–H groups in total. The van der Waals surface area contributed by atoms with Crippen LogP contribution in [0, 0.1) is 5.92 Å². The molecule has 0 amide bonds.